The number of carbonyl (C=O) groups excluding carboxylic acids is 2. The van der Waals surface area contributed by atoms with E-state index in [4.69, 9.17) is 18.9 Å². The van der Waals surface area contributed by atoms with E-state index in [2.05, 4.69) is 5.32 Å². The number of para-hydroxylation sites is 1. The standard InChI is InChI=1S/C21H33NO6/c1-14(2)18(26-16-11-9-8-10-12-16)17(13-25-7)27-19(23)15(3)22-20(24)28-21(4,5)6/h8-12,14-15,17-18H,13H2,1-7H3,(H,22,24)/t15-,17+,18+/m0/s1. The highest BCUT2D eigenvalue weighted by molar-refractivity contribution is 5.81. The normalized spacial score (nSPS) is 14.7. The summed E-state index contributed by atoms with van der Waals surface area (Å²) in [6.45, 7) is 10.9. The molecule has 0 saturated heterocycles. The van der Waals surface area contributed by atoms with Crippen LogP contribution in [0.1, 0.15) is 41.5 Å². The van der Waals surface area contributed by atoms with Gasteiger partial charge in [-0.1, -0.05) is 32.0 Å². The van der Waals surface area contributed by atoms with E-state index in [1.165, 1.54) is 7.11 Å². The number of rotatable bonds is 9. The van der Waals surface area contributed by atoms with E-state index in [9.17, 15) is 9.59 Å². The van der Waals surface area contributed by atoms with Crippen molar-refractivity contribution in [3.63, 3.8) is 0 Å². The van der Waals surface area contributed by atoms with Crippen LogP contribution in [0.5, 0.6) is 5.75 Å². The van der Waals surface area contributed by atoms with Crippen molar-refractivity contribution in [1.82, 2.24) is 5.32 Å². The predicted molar refractivity (Wildman–Crippen MR) is 106 cm³/mol. The number of benzene rings is 1. The molecule has 0 heterocycles. The molecule has 0 aromatic heterocycles. The summed E-state index contributed by atoms with van der Waals surface area (Å²) in [5.41, 5.74) is -0.654. The third kappa shape index (κ3) is 8.61. The molecule has 1 aromatic rings. The molecule has 0 spiro atoms. The van der Waals surface area contributed by atoms with Gasteiger partial charge in [-0.05, 0) is 45.7 Å². The molecule has 1 aromatic carbocycles. The van der Waals surface area contributed by atoms with E-state index in [1.807, 2.05) is 44.2 Å². The monoisotopic (exact) mass is 395 g/mol. The van der Waals surface area contributed by atoms with Gasteiger partial charge in [0.15, 0.2) is 6.10 Å². The lowest BCUT2D eigenvalue weighted by molar-refractivity contribution is -0.161. The van der Waals surface area contributed by atoms with Crippen LogP contribution in [0.25, 0.3) is 0 Å². The maximum Gasteiger partial charge on any atom is 0.408 e. The Morgan fingerprint density at radius 3 is 2.18 bits per heavy atom. The third-order valence-electron chi connectivity index (χ3n) is 3.72. The average molecular weight is 395 g/mol. The Morgan fingerprint density at radius 1 is 1.07 bits per heavy atom. The van der Waals surface area contributed by atoms with Crippen molar-refractivity contribution in [2.24, 2.45) is 5.92 Å². The molecule has 0 bridgehead atoms. The molecule has 1 N–H and O–H groups in total. The van der Waals surface area contributed by atoms with Crippen molar-refractivity contribution in [1.29, 1.82) is 0 Å². The molecule has 7 nitrogen and oxygen atoms in total. The van der Waals surface area contributed by atoms with Crippen LogP contribution in [-0.2, 0) is 19.0 Å². The highest BCUT2D eigenvalue weighted by Gasteiger charge is 2.32. The van der Waals surface area contributed by atoms with Gasteiger partial charge in [0, 0.05) is 7.11 Å². The quantitative estimate of drug-likeness (QED) is 0.644. The van der Waals surface area contributed by atoms with Crippen molar-refractivity contribution in [3.05, 3.63) is 30.3 Å². The second-order valence-corrected chi connectivity index (χ2v) is 7.94. The SMILES string of the molecule is COC[C@@H](OC(=O)[C@H](C)NC(=O)OC(C)(C)C)[C@H](Oc1ccccc1)C(C)C. The summed E-state index contributed by atoms with van der Waals surface area (Å²) in [7, 11) is 1.53. The van der Waals surface area contributed by atoms with E-state index in [1.54, 1.807) is 27.7 Å². The van der Waals surface area contributed by atoms with Gasteiger partial charge < -0.3 is 24.3 Å². The van der Waals surface area contributed by atoms with Crippen LogP contribution in [-0.4, -0.2) is 49.6 Å². The first kappa shape index (κ1) is 23.8. The molecular weight excluding hydrogens is 362 g/mol. The molecule has 0 unspecified atom stereocenters. The highest BCUT2D eigenvalue weighted by atomic mass is 16.6. The predicted octanol–water partition coefficient (Wildman–Crippen LogP) is 3.56. The summed E-state index contributed by atoms with van der Waals surface area (Å²) < 4.78 is 22.1. The van der Waals surface area contributed by atoms with Crippen molar-refractivity contribution in [2.45, 2.75) is 65.4 Å². The number of esters is 1. The zero-order chi connectivity index (χ0) is 21.3. The first-order valence-electron chi connectivity index (χ1n) is 9.44. The second-order valence-electron chi connectivity index (χ2n) is 7.94. The maximum atomic E-state index is 12.5. The number of carbonyl (C=O) groups is 2. The van der Waals surface area contributed by atoms with Crippen LogP contribution >= 0.6 is 0 Å². The lowest BCUT2D eigenvalue weighted by Gasteiger charge is -2.31. The molecule has 0 fully saturated rings. The number of ether oxygens (including phenoxy) is 4. The minimum atomic E-state index is -0.876. The first-order valence-corrected chi connectivity index (χ1v) is 9.44. The number of hydrogen-bond acceptors (Lipinski definition) is 6. The Morgan fingerprint density at radius 2 is 1.68 bits per heavy atom. The van der Waals surface area contributed by atoms with Crippen molar-refractivity contribution in [2.75, 3.05) is 13.7 Å². The Labute approximate surface area is 167 Å². The van der Waals surface area contributed by atoms with Crippen molar-refractivity contribution < 1.29 is 28.5 Å². The van der Waals surface area contributed by atoms with Crippen LogP contribution in [0.2, 0.25) is 0 Å². The fourth-order valence-corrected chi connectivity index (χ4v) is 2.45. The Balaban J connectivity index is 2.79. The molecular formula is C21H33NO6. The fraction of sp³-hybridized carbons (Fsp3) is 0.619. The van der Waals surface area contributed by atoms with Gasteiger partial charge in [-0.2, -0.15) is 0 Å². The molecule has 0 aliphatic heterocycles. The Bertz CT molecular complexity index is 611. The van der Waals surface area contributed by atoms with Gasteiger partial charge in [-0.3, -0.25) is 0 Å². The molecule has 158 valence electrons. The minimum Gasteiger partial charge on any atom is -0.486 e. The molecule has 28 heavy (non-hydrogen) atoms. The van der Waals surface area contributed by atoms with E-state index in [0.29, 0.717) is 5.75 Å². The average Bonchev–Trinajstić information content (AvgIpc) is 2.58. The summed E-state index contributed by atoms with van der Waals surface area (Å²) in [5, 5.41) is 2.48. The smallest absolute Gasteiger partial charge is 0.408 e. The Hall–Kier alpha value is -2.28. The largest absolute Gasteiger partial charge is 0.486 e. The molecule has 0 aliphatic rings. The molecule has 0 aliphatic carbocycles. The zero-order valence-electron chi connectivity index (χ0n) is 17.9. The molecule has 1 rings (SSSR count). The van der Waals surface area contributed by atoms with Crippen molar-refractivity contribution in [3.8, 4) is 5.75 Å². The van der Waals surface area contributed by atoms with E-state index in [0.717, 1.165) is 0 Å². The van der Waals surface area contributed by atoms with Gasteiger partial charge in [0.1, 0.15) is 23.5 Å². The van der Waals surface area contributed by atoms with Gasteiger partial charge >= 0.3 is 12.1 Å². The number of alkyl carbamates (subject to hydrolysis) is 1. The summed E-state index contributed by atoms with van der Waals surface area (Å²) in [4.78, 5) is 24.4. The molecule has 1 amide bonds. The number of hydrogen-bond donors (Lipinski definition) is 1. The second kappa shape index (κ2) is 10.9. The number of methoxy groups -OCH3 is 1. The first-order chi connectivity index (χ1) is 13.0. The summed E-state index contributed by atoms with van der Waals surface area (Å²) in [6, 6.07) is 8.45. The van der Waals surface area contributed by atoms with Crippen LogP contribution in [0.4, 0.5) is 4.79 Å². The third-order valence-corrected chi connectivity index (χ3v) is 3.72. The van der Waals surface area contributed by atoms with Gasteiger partial charge in [-0.25, -0.2) is 9.59 Å². The van der Waals surface area contributed by atoms with Crippen LogP contribution in [0, 0.1) is 5.92 Å². The van der Waals surface area contributed by atoms with E-state index >= 15 is 0 Å². The molecule has 7 heteroatoms. The fourth-order valence-electron chi connectivity index (χ4n) is 2.45. The van der Waals surface area contributed by atoms with Crippen LogP contribution in [0.3, 0.4) is 0 Å². The lowest BCUT2D eigenvalue weighted by Crippen LogP contribution is -2.47. The van der Waals surface area contributed by atoms with Gasteiger partial charge in [0.2, 0.25) is 0 Å². The van der Waals surface area contributed by atoms with Gasteiger partial charge in [0.05, 0.1) is 6.61 Å². The summed E-state index contributed by atoms with van der Waals surface area (Å²) in [6.07, 6.45) is -1.73. The molecule has 0 radical (unpaired) electrons. The summed E-state index contributed by atoms with van der Waals surface area (Å²) >= 11 is 0. The van der Waals surface area contributed by atoms with Gasteiger partial charge in [0.25, 0.3) is 0 Å². The zero-order valence-corrected chi connectivity index (χ0v) is 17.9. The van der Waals surface area contributed by atoms with Crippen LogP contribution in [0.15, 0.2) is 30.3 Å². The number of nitrogens with one attached hydrogen (secondary N) is 1. The van der Waals surface area contributed by atoms with Crippen LogP contribution < -0.4 is 10.1 Å². The van der Waals surface area contributed by atoms with Crippen molar-refractivity contribution >= 4 is 12.1 Å². The topological polar surface area (TPSA) is 83.1 Å². The highest BCUT2D eigenvalue weighted by Crippen LogP contribution is 2.20. The summed E-state index contributed by atoms with van der Waals surface area (Å²) in [5.74, 6) is 0.149. The van der Waals surface area contributed by atoms with E-state index in [-0.39, 0.29) is 12.5 Å². The minimum absolute atomic E-state index is 0.0577. The number of amides is 1. The van der Waals surface area contributed by atoms with Gasteiger partial charge in [-0.15, -0.1) is 0 Å². The lowest BCUT2D eigenvalue weighted by atomic mass is 10.0. The van der Waals surface area contributed by atoms with E-state index < -0.39 is 35.9 Å². The maximum absolute atomic E-state index is 12.5. The molecule has 3 atom stereocenters. The Kier molecular flexibility index (Phi) is 9.25. The molecule has 0 saturated carbocycles.